The Hall–Kier alpha value is -0.170. The standard InChI is InChI=1S/C13H25NO4S/c1-12(2,3)19(15,16)14(4)11-5-7-13(8-6-11)17-9-10-18-13/h11H,5-10H2,1-4H3. The number of sulfonamides is 1. The van der Waals surface area contributed by atoms with Gasteiger partial charge in [0.15, 0.2) is 5.79 Å². The van der Waals surface area contributed by atoms with E-state index in [0.29, 0.717) is 13.2 Å². The Morgan fingerprint density at radius 2 is 1.58 bits per heavy atom. The molecular formula is C13H25NO4S. The van der Waals surface area contributed by atoms with E-state index in [4.69, 9.17) is 9.47 Å². The van der Waals surface area contributed by atoms with Gasteiger partial charge in [-0.25, -0.2) is 12.7 Å². The van der Waals surface area contributed by atoms with Gasteiger partial charge in [0.1, 0.15) is 0 Å². The largest absolute Gasteiger partial charge is 0.348 e. The molecule has 0 bridgehead atoms. The molecule has 1 saturated carbocycles. The zero-order valence-corrected chi connectivity index (χ0v) is 13.1. The average Bonchev–Trinajstić information content (AvgIpc) is 2.76. The van der Waals surface area contributed by atoms with Gasteiger partial charge in [0, 0.05) is 25.9 Å². The lowest BCUT2D eigenvalue weighted by molar-refractivity contribution is -0.181. The van der Waals surface area contributed by atoms with Crippen LogP contribution < -0.4 is 0 Å². The fourth-order valence-electron chi connectivity index (χ4n) is 2.82. The predicted octanol–water partition coefficient (Wildman–Crippen LogP) is 1.73. The van der Waals surface area contributed by atoms with Crippen molar-refractivity contribution in [2.45, 2.75) is 63.0 Å². The first-order chi connectivity index (χ1) is 8.68. The number of hydrogen-bond acceptors (Lipinski definition) is 4. The summed E-state index contributed by atoms with van der Waals surface area (Å²) in [5.74, 6) is -0.428. The highest BCUT2D eigenvalue weighted by Crippen LogP contribution is 2.38. The van der Waals surface area contributed by atoms with Crippen LogP contribution in [0.25, 0.3) is 0 Å². The maximum Gasteiger partial charge on any atom is 0.219 e. The highest BCUT2D eigenvalue weighted by atomic mass is 32.2. The summed E-state index contributed by atoms with van der Waals surface area (Å²) >= 11 is 0. The Kier molecular flexibility index (Phi) is 3.99. The summed E-state index contributed by atoms with van der Waals surface area (Å²) in [5.41, 5.74) is 0. The first kappa shape index (κ1) is 15.2. The zero-order chi connectivity index (χ0) is 14.3. The zero-order valence-electron chi connectivity index (χ0n) is 12.3. The van der Waals surface area contributed by atoms with E-state index in [2.05, 4.69) is 0 Å². The molecular weight excluding hydrogens is 266 g/mol. The molecule has 0 aromatic carbocycles. The lowest BCUT2D eigenvalue weighted by Crippen LogP contribution is -2.49. The second kappa shape index (κ2) is 4.98. The van der Waals surface area contributed by atoms with Gasteiger partial charge in [-0.3, -0.25) is 0 Å². The number of nitrogens with zero attached hydrogens (tertiary/aromatic N) is 1. The number of ether oxygens (including phenoxy) is 2. The van der Waals surface area contributed by atoms with Crippen molar-refractivity contribution in [1.29, 1.82) is 0 Å². The fraction of sp³-hybridized carbons (Fsp3) is 1.00. The smallest absolute Gasteiger partial charge is 0.219 e. The van der Waals surface area contributed by atoms with Crippen LogP contribution in [0.4, 0.5) is 0 Å². The van der Waals surface area contributed by atoms with Crippen molar-refractivity contribution in [2.75, 3.05) is 20.3 Å². The molecule has 0 aromatic heterocycles. The predicted molar refractivity (Wildman–Crippen MR) is 73.3 cm³/mol. The quantitative estimate of drug-likeness (QED) is 0.777. The van der Waals surface area contributed by atoms with Crippen molar-refractivity contribution >= 4 is 10.0 Å². The molecule has 0 N–H and O–H groups in total. The third-order valence-corrected chi connectivity index (χ3v) is 6.80. The van der Waals surface area contributed by atoms with Gasteiger partial charge in [0.25, 0.3) is 0 Å². The lowest BCUT2D eigenvalue weighted by Gasteiger charge is -2.40. The maximum absolute atomic E-state index is 12.4. The summed E-state index contributed by atoms with van der Waals surface area (Å²) in [6, 6.07) is 0.0580. The van der Waals surface area contributed by atoms with Gasteiger partial charge in [0.05, 0.1) is 18.0 Å². The molecule has 0 amide bonds. The molecule has 1 saturated heterocycles. The summed E-state index contributed by atoms with van der Waals surface area (Å²) in [7, 11) is -1.57. The van der Waals surface area contributed by atoms with Crippen LogP contribution in [0.15, 0.2) is 0 Å². The van der Waals surface area contributed by atoms with E-state index in [1.165, 1.54) is 0 Å². The first-order valence-corrected chi connectivity index (χ1v) is 8.37. The topological polar surface area (TPSA) is 55.8 Å². The summed E-state index contributed by atoms with van der Waals surface area (Å²) in [4.78, 5) is 0. The fourth-order valence-corrected chi connectivity index (χ4v) is 4.29. The van der Waals surface area contributed by atoms with Crippen LogP contribution in [0.2, 0.25) is 0 Å². The summed E-state index contributed by atoms with van der Waals surface area (Å²) in [6.07, 6.45) is 3.15. The van der Waals surface area contributed by atoms with Crippen LogP contribution in [-0.2, 0) is 19.5 Å². The Morgan fingerprint density at radius 1 is 1.11 bits per heavy atom. The molecule has 1 aliphatic heterocycles. The minimum Gasteiger partial charge on any atom is -0.348 e. The van der Waals surface area contributed by atoms with Crippen LogP contribution in [0.1, 0.15) is 46.5 Å². The Labute approximate surface area is 116 Å². The molecule has 5 nitrogen and oxygen atoms in total. The third-order valence-electron chi connectivity index (χ3n) is 4.20. The molecule has 0 aromatic rings. The van der Waals surface area contributed by atoms with E-state index in [0.717, 1.165) is 25.7 Å². The molecule has 0 radical (unpaired) electrons. The SMILES string of the molecule is CN(C1CCC2(CC1)OCCO2)S(=O)(=O)C(C)(C)C. The normalized spacial score (nSPS) is 25.3. The van der Waals surface area contributed by atoms with Gasteiger partial charge in [-0.2, -0.15) is 0 Å². The van der Waals surface area contributed by atoms with E-state index in [1.807, 2.05) is 0 Å². The molecule has 6 heteroatoms. The van der Waals surface area contributed by atoms with E-state index < -0.39 is 20.6 Å². The van der Waals surface area contributed by atoms with Crippen molar-refractivity contribution in [3.8, 4) is 0 Å². The van der Waals surface area contributed by atoms with E-state index >= 15 is 0 Å². The molecule has 1 heterocycles. The number of hydrogen-bond donors (Lipinski definition) is 0. The minimum absolute atomic E-state index is 0.0580. The van der Waals surface area contributed by atoms with Crippen LogP contribution in [-0.4, -0.2) is 49.6 Å². The Morgan fingerprint density at radius 3 is 2.00 bits per heavy atom. The monoisotopic (exact) mass is 291 g/mol. The highest BCUT2D eigenvalue weighted by Gasteiger charge is 2.44. The Bertz CT molecular complexity index is 410. The Balaban J connectivity index is 2.02. The lowest BCUT2D eigenvalue weighted by atomic mass is 9.90. The molecule has 2 aliphatic rings. The summed E-state index contributed by atoms with van der Waals surface area (Å²) < 4.78 is 37.0. The third kappa shape index (κ3) is 2.82. The van der Waals surface area contributed by atoms with E-state index in [1.54, 1.807) is 32.1 Å². The van der Waals surface area contributed by atoms with Crippen LogP contribution in [0, 0.1) is 0 Å². The summed E-state index contributed by atoms with van der Waals surface area (Å²) in [5, 5.41) is 0. The molecule has 0 atom stereocenters. The molecule has 112 valence electrons. The molecule has 0 unspecified atom stereocenters. The average molecular weight is 291 g/mol. The van der Waals surface area contributed by atoms with Crippen molar-refractivity contribution in [2.24, 2.45) is 0 Å². The second-order valence-corrected chi connectivity index (χ2v) is 9.22. The van der Waals surface area contributed by atoms with Crippen molar-refractivity contribution in [1.82, 2.24) is 4.31 Å². The van der Waals surface area contributed by atoms with Gasteiger partial charge in [-0.1, -0.05) is 0 Å². The van der Waals surface area contributed by atoms with E-state index in [9.17, 15) is 8.42 Å². The molecule has 1 spiro atoms. The molecule has 1 aliphatic carbocycles. The highest BCUT2D eigenvalue weighted by molar-refractivity contribution is 7.90. The molecule has 19 heavy (non-hydrogen) atoms. The first-order valence-electron chi connectivity index (χ1n) is 6.93. The number of rotatable bonds is 2. The second-order valence-electron chi connectivity index (χ2n) is 6.47. The summed E-state index contributed by atoms with van der Waals surface area (Å²) in [6.45, 7) is 6.53. The molecule has 2 fully saturated rings. The maximum atomic E-state index is 12.4. The van der Waals surface area contributed by atoms with Crippen LogP contribution >= 0.6 is 0 Å². The van der Waals surface area contributed by atoms with Crippen molar-refractivity contribution in [3.05, 3.63) is 0 Å². The van der Waals surface area contributed by atoms with Crippen molar-refractivity contribution < 1.29 is 17.9 Å². The van der Waals surface area contributed by atoms with Gasteiger partial charge in [-0.15, -0.1) is 0 Å². The van der Waals surface area contributed by atoms with Gasteiger partial charge >= 0.3 is 0 Å². The van der Waals surface area contributed by atoms with Crippen LogP contribution in [0.3, 0.4) is 0 Å². The van der Waals surface area contributed by atoms with Gasteiger partial charge < -0.3 is 9.47 Å². The van der Waals surface area contributed by atoms with Gasteiger partial charge in [0.2, 0.25) is 10.0 Å². The van der Waals surface area contributed by atoms with Crippen molar-refractivity contribution in [3.63, 3.8) is 0 Å². The minimum atomic E-state index is -3.26. The van der Waals surface area contributed by atoms with Gasteiger partial charge in [-0.05, 0) is 33.6 Å². The van der Waals surface area contributed by atoms with E-state index in [-0.39, 0.29) is 6.04 Å². The van der Waals surface area contributed by atoms with Crippen LogP contribution in [0.5, 0.6) is 0 Å². The molecule has 2 rings (SSSR count).